The van der Waals surface area contributed by atoms with Gasteiger partial charge in [0.2, 0.25) is 0 Å². The van der Waals surface area contributed by atoms with Gasteiger partial charge >= 0.3 is 11.9 Å². The average molecular weight is 331 g/mol. The van der Waals surface area contributed by atoms with Gasteiger partial charge < -0.3 is 18.5 Å². The summed E-state index contributed by atoms with van der Waals surface area (Å²) in [4.78, 5) is 24.3. The molecule has 3 aromatic rings. The number of hydrogen-bond acceptors (Lipinski definition) is 6. The third kappa shape index (κ3) is 3.04. The van der Waals surface area contributed by atoms with Gasteiger partial charge in [-0.1, -0.05) is 0 Å². The Labute approximate surface area is 135 Å². The third-order valence-corrected chi connectivity index (χ3v) is 4.08. The summed E-state index contributed by atoms with van der Waals surface area (Å²) in [6.07, 6.45) is 5.05. The van der Waals surface area contributed by atoms with Crippen LogP contribution in [0.15, 0.2) is 52.7 Å². The Bertz CT molecular complexity index is 815. The molecule has 0 aliphatic rings. The quantitative estimate of drug-likeness (QED) is 0.671. The molecule has 23 heavy (non-hydrogen) atoms. The van der Waals surface area contributed by atoms with Crippen molar-refractivity contribution in [3.8, 4) is 5.69 Å². The lowest BCUT2D eigenvalue weighted by Gasteiger charge is -2.06. The first-order valence-electron chi connectivity index (χ1n) is 6.73. The van der Waals surface area contributed by atoms with Crippen LogP contribution in [0.2, 0.25) is 0 Å². The molecule has 0 atom stereocenters. The maximum atomic E-state index is 12.3. The highest BCUT2D eigenvalue weighted by atomic mass is 32.1. The molecule has 0 aromatic carbocycles. The van der Waals surface area contributed by atoms with Crippen LogP contribution in [0.5, 0.6) is 0 Å². The topological polar surface area (TPSA) is 70.7 Å². The first-order chi connectivity index (χ1) is 11.2. The predicted molar refractivity (Wildman–Crippen MR) is 82.8 cm³/mol. The molecule has 6 nitrogen and oxygen atoms in total. The van der Waals surface area contributed by atoms with Crippen LogP contribution in [0.25, 0.3) is 5.69 Å². The molecule has 0 saturated heterocycles. The molecule has 0 spiro atoms. The van der Waals surface area contributed by atoms with Gasteiger partial charge in [0.25, 0.3) is 0 Å². The monoisotopic (exact) mass is 331 g/mol. The van der Waals surface area contributed by atoms with E-state index in [-0.39, 0.29) is 17.9 Å². The standard InChI is InChI=1S/C16H13NO5S/c1-20-15(18)11-4-8-21-13(11)10-22-16(19)14-12(5-9-23-14)17-6-2-3-7-17/h2-9H,10H2,1H3. The summed E-state index contributed by atoms with van der Waals surface area (Å²) in [6, 6.07) is 7.07. The number of aromatic nitrogens is 1. The van der Waals surface area contributed by atoms with Crippen molar-refractivity contribution in [2.24, 2.45) is 0 Å². The number of carbonyl (C=O) groups excluding carboxylic acids is 2. The van der Waals surface area contributed by atoms with Gasteiger partial charge in [0.15, 0.2) is 12.4 Å². The molecule has 3 heterocycles. The minimum absolute atomic E-state index is 0.140. The van der Waals surface area contributed by atoms with E-state index in [0.717, 1.165) is 5.69 Å². The fraction of sp³-hybridized carbons (Fsp3) is 0.125. The lowest BCUT2D eigenvalue weighted by atomic mass is 10.2. The summed E-state index contributed by atoms with van der Waals surface area (Å²) in [6.45, 7) is -0.140. The van der Waals surface area contributed by atoms with Crippen LogP contribution in [0, 0.1) is 0 Å². The predicted octanol–water partition coefficient (Wildman–Crippen LogP) is 3.28. The molecule has 7 heteroatoms. The Morgan fingerprint density at radius 3 is 2.74 bits per heavy atom. The molecule has 0 radical (unpaired) electrons. The summed E-state index contributed by atoms with van der Waals surface area (Å²) >= 11 is 1.29. The SMILES string of the molecule is COC(=O)c1ccoc1COC(=O)c1sccc1-n1cccc1. The maximum absolute atomic E-state index is 12.3. The number of rotatable bonds is 5. The van der Waals surface area contributed by atoms with Crippen LogP contribution in [-0.2, 0) is 16.1 Å². The first-order valence-corrected chi connectivity index (χ1v) is 7.61. The average Bonchev–Trinajstić information content (AvgIpc) is 3.31. The molecule has 0 unspecified atom stereocenters. The molecule has 0 amide bonds. The molecular weight excluding hydrogens is 318 g/mol. The molecule has 0 saturated carbocycles. The van der Waals surface area contributed by atoms with Crippen molar-refractivity contribution < 1.29 is 23.5 Å². The number of nitrogens with zero attached hydrogens (tertiary/aromatic N) is 1. The molecule has 0 aliphatic carbocycles. The van der Waals surface area contributed by atoms with E-state index in [0.29, 0.717) is 4.88 Å². The zero-order valence-corrected chi connectivity index (χ0v) is 13.0. The van der Waals surface area contributed by atoms with Gasteiger partial charge in [0.1, 0.15) is 10.4 Å². The van der Waals surface area contributed by atoms with Gasteiger partial charge in [0, 0.05) is 12.4 Å². The third-order valence-electron chi connectivity index (χ3n) is 3.20. The van der Waals surface area contributed by atoms with E-state index in [4.69, 9.17) is 9.15 Å². The van der Waals surface area contributed by atoms with Crippen LogP contribution in [0.3, 0.4) is 0 Å². The van der Waals surface area contributed by atoms with Crippen LogP contribution >= 0.6 is 11.3 Å². The van der Waals surface area contributed by atoms with Crippen molar-refractivity contribution in [1.29, 1.82) is 0 Å². The number of esters is 2. The molecular formula is C16H13NO5S. The Balaban J connectivity index is 1.73. The van der Waals surface area contributed by atoms with E-state index in [1.54, 1.807) is 0 Å². The van der Waals surface area contributed by atoms with Gasteiger partial charge in [-0.05, 0) is 29.6 Å². The number of ether oxygens (including phenoxy) is 2. The molecule has 0 aliphatic heterocycles. The Hall–Kier alpha value is -2.80. The smallest absolute Gasteiger partial charge is 0.350 e. The normalized spacial score (nSPS) is 10.5. The second-order valence-electron chi connectivity index (χ2n) is 4.55. The highest BCUT2D eigenvalue weighted by molar-refractivity contribution is 7.12. The zero-order valence-electron chi connectivity index (χ0n) is 12.2. The molecule has 0 bridgehead atoms. The van der Waals surface area contributed by atoms with Crippen LogP contribution in [0.4, 0.5) is 0 Å². The van der Waals surface area contributed by atoms with Crippen molar-refractivity contribution in [3.05, 3.63) is 64.5 Å². The number of furan rings is 1. The molecule has 3 rings (SSSR count). The Morgan fingerprint density at radius 1 is 1.22 bits per heavy atom. The maximum Gasteiger partial charge on any atom is 0.350 e. The zero-order chi connectivity index (χ0) is 16.2. The summed E-state index contributed by atoms with van der Waals surface area (Å²) in [5.41, 5.74) is 0.995. The molecule has 118 valence electrons. The largest absolute Gasteiger partial charge is 0.465 e. The summed E-state index contributed by atoms with van der Waals surface area (Å²) in [7, 11) is 1.28. The lowest BCUT2D eigenvalue weighted by Crippen LogP contribution is -2.09. The van der Waals surface area contributed by atoms with Crippen molar-refractivity contribution >= 4 is 23.3 Å². The van der Waals surface area contributed by atoms with Crippen molar-refractivity contribution in [2.45, 2.75) is 6.61 Å². The van der Waals surface area contributed by atoms with E-state index in [2.05, 4.69) is 4.74 Å². The Morgan fingerprint density at radius 2 is 2.00 bits per heavy atom. The van der Waals surface area contributed by atoms with E-state index in [1.807, 2.05) is 40.5 Å². The number of thiophene rings is 1. The summed E-state index contributed by atoms with van der Waals surface area (Å²) in [5, 5.41) is 1.82. The second kappa shape index (κ2) is 6.53. The number of methoxy groups -OCH3 is 1. The second-order valence-corrected chi connectivity index (χ2v) is 5.47. The number of hydrogen-bond donors (Lipinski definition) is 0. The molecule has 0 N–H and O–H groups in total. The first kappa shape index (κ1) is 15.1. The highest BCUT2D eigenvalue weighted by Crippen LogP contribution is 2.23. The highest BCUT2D eigenvalue weighted by Gasteiger charge is 2.19. The van der Waals surface area contributed by atoms with E-state index in [1.165, 1.54) is 30.8 Å². The minimum Gasteiger partial charge on any atom is -0.465 e. The van der Waals surface area contributed by atoms with Gasteiger partial charge in [-0.2, -0.15) is 0 Å². The molecule has 3 aromatic heterocycles. The van der Waals surface area contributed by atoms with Crippen LogP contribution in [-0.4, -0.2) is 23.6 Å². The van der Waals surface area contributed by atoms with Crippen LogP contribution < -0.4 is 0 Å². The Kier molecular flexibility index (Phi) is 4.29. The summed E-state index contributed by atoms with van der Waals surface area (Å²) < 4.78 is 16.9. The summed E-state index contributed by atoms with van der Waals surface area (Å²) in [5.74, 6) is -0.755. The lowest BCUT2D eigenvalue weighted by molar-refractivity contribution is 0.0437. The van der Waals surface area contributed by atoms with Crippen LogP contribution in [0.1, 0.15) is 25.8 Å². The fourth-order valence-corrected chi connectivity index (χ4v) is 2.88. The number of carbonyl (C=O) groups is 2. The van der Waals surface area contributed by atoms with Crippen molar-refractivity contribution in [3.63, 3.8) is 0 Å². The minimum atomic E-state index is -0.533. The fourth-order valence-electron chi connectivity index (χ4n) is 2.09. The molecule has 0 fully saturated rings. The van der Waals surface area contributed by atoms with Gasteiger partial charge in [0.05, 0.1) is 19.1 Å². The van der Waals surface area contributed by atoms with E-state index < -0.39 is 11.9 Å². The van der Waals surface area contributed by atoms with Crippen molar-refractivity contribution in [2.75, 3.05) is 7.11 Å². The van der Waals surface area contributed by atoms with Gasteiger partial charge in [-0.15, -0.1) is 11.3 Å². The van der Waals surface area contributed by atoms with E-state index in [9.17, 15) is 9.59 Å². The van der Waals surface area contributed by atoms with Crippen molar-refractivity contribution in [1.82, 2.24) is 4.57 Å². The van der Waals surface area contributed by atoms with E-state index >= 15 is 0 Å². The van der Waals surface area contributed by atoms with Gasteiger partial charge in [-0.3, -0.25) is 0 Å². The van der Waals surface area contributed by atoms with Gasteiger partial charge in [-0.25, -0.2) is 9.59 Å².